The molecule has 0 aliphatic carbocycles. The molecule has 106 valence electrons. The van der Waals surface area contributed by atoms with E-state index in [1.54, 1.807) is 12.1 Å². The second-order valence-electron chi connectivity index (χ2n) is 4.76. The van der Waals surface area contributed by atoms with E-state index < -0.39 is 0 Å². The molecule has 0 unspecified atom stereocenters. The van der Waals surface area contributed by atoms with E-state index in [-0.39, 0.29) is 5.82 Å². The third-order valence-corrected chi connectivity index (χ3v) is 3.91. The average Bonchev–Trinajstić information content (AvgIpc) is 2.42. The van der Waals surface area contributed by atoms with Crippen LogP contribution in [0.4, 0.5) is 10.1 Å². The molecule has 0 heterocycles. The Kier molecular flexibility index (Phi) is 5.15. The highest BCUT2D eigenvalue weighted by molar-refractivity contribution is 9.10. The lowest BCUT2D eigenvalue weighted by Gasteiger charge is -2.21. The number of hydrogen-bond acceptors (Lipinski definition) is 2. The fourth-order valence-corrected chi connectivity index (χ4v) is 2.69. The molecule has 0 radical (unpaired) electrons. The summed E-state index contributed by atoms with van der Waals surface area (Å²) >= 11 is 3.59. The summed E-state index contributed by atoms with van der Waals surface area (Å²) in [6, 6.07) is 13.1. The van der Waals surface area contributed by atoms with Gasteiger partial charge >= 0.3 is 0 Å². The minimum absolute atomic E-state index is 0.196. The smallest absolute Gasteiger partial charge is 0.146 e. The van der Waals surface area contributed by atoms with Gasteiger partial charge in [0.15, 0.2) is 0 Å². The lowest BCUT2D eigenvalue weighted by atomic mass is 10.1. The second kappa shape index (κ2) is 6.86. The average molecular weight is 337 g/mol. The van der Waals surface area contributed by atoms with Crippen LogP contribution in [0.1, 0.15) is 11.1 Å². The van der Waals surface area contributed by atoms with Crippen LogP contribution in [0.15, 0.2) is 46.9 Å². The molecular formula is C16H18BrFN2. The van der Waals surface area contributed by atoms with Crippen LogP contribution in [0.3, 0.4) is 0 Å². The highest BCUT2D eigenvalue weighted by Crippen LogP contribution is 2.24. The minimum Gasteiger partial charge on any atom is -0.368 e. The largest absolute Gasteiger partial charge is 0.368 e. The van der Waals surface area contributed by atoms with Gasteiger partial charge in [-0.15, -0.1) is 0 Å². The fourth-order valence-electron chi connectivity index (χ4n) is 2.14. The summed E-state index contributed by atoms with van der Waals surface area (Å²) < 4.78 is 14.8. The highest BCUT2D eigenvalue weighted by atomic mass is 79.9. The molecule has 0 amide bonds. The summed E-state index contributed by atoms with van der Waals surface area (Å²) in [7, 11) is 3.82. The molecule has 0 aliphatic heterocycles. The Morgan fingerprint density at radius 1 is 1.20 bits per heavy atom. The predicted octanol–water partition coefficient (Wildman–Crippen LogP) is 3.94. The first-order valence-electron chi connectivity index (χ1n) is 6.49. The van der Waals surface area contributed by atoms with Crippen LogP contribution in [0.25, 0.3) is 0 Å². The van der Waals surface area contributed by atoms with Crippen LogP contribution in [-0.2, 0) is 13.1 Å². The summed E-state index contributed by atoms with van der Waals surface area (Å²) in [5.74, 6) is -0.196. The quantitative estimate of drug-likeness (QED) is 0.889. The third-order valence-electron chi connectivity index (χ3n) is 3.17. The van der Waals surface area contributed by atoms with E-state index in [0.29, 0.717) is 12.2 Å². The maximum absolute atomic E-state index is 13.7. The zero-order valence-corrected chi connectivity index (χ0v) is 13.2. The maximum atomic E-state index is 13.7. The van der Waals surface area contributed by atoms with E-state index in [0.717, 1.165) is 16.6 Å². The van der Waals surface area contributed by atoms with E-state index >= 15 is 0 Å². The molecule has 4 heteroatoms. The van der Waals surface area contributed by atoms with Gasteiger partial charge in [-0.25, -0.2) is 4.39 Å². The molecule has 2 aromatic carbocycles. The standard InChI is InChI=1S/C16H18BrFN2/c1-19-10-12-7-8-13(14(17)9-12)11-20(2)16-6-4-3-5-15(16)18/h3-9,19H,10-11H2,1-2H3. The Balaban J connectivity index is 2.16. The third kappa shape index (κ3) is 3.58. The molecule has 0 bridgehead atoms. The number of benzene rings is 2. The van der Waals surface area contributed by atoms with Gasteiger partial charge in [0.1, 0.15) is 5.82 Å². The highest BCUT2D eigenvalue weighted by Gasteiger charge is 2.09. The van der Waals surface area contributed by atoms with Gasteiger partial charge in [-0.2, -0.15) is 0 Å². The molecule has 0 aromatic heterocycles. The second-order valence-corrected chi connectivity index (χ2v) is 5.62. The van der Waals surface area contributed by atoms with Gasteiger partial charge in [-0.05, 0) is 36.4 Å². The summed E-state index contributed by atoms with van der Waals surface area (Å²) in [5, 5.41) is 3.12. The van der Waals surface area contributed by atoms with Crippen LogP contribution in [-0.4, -0.2) is 14.1 Å². The molecular weight excluding hydrogens is 319 g/mol. The Labute approximate surface area is 127 Å². The zero-order valence-electron chi connectivity index (χ0n) is 11.7. The first-order valence-corrected chi connectivity index (χ1v) is 7.28. The SMILES string of the molecule is CNCc1ccc(CN(C)c2ccccc2F)c(Br)c1. The lowest BCUT2D eigenvalue weighted by Crippen LogP contribution is -2.18. The normalized spacial score (nSPS) is 10.6. The van der Waals surface area contributed by atoms with Crippen LogP contribution < -0.4 is 10.2 Å². The summed E-state index contributed by atoms with van der Waals surface area (Å²) in [6.07, 6.45) is 0. The summed E-state index contributed by atoms with van der Waals surface area (Å²) in [5.41, 5.74) is 2.96. The van der Waals surface area contributed by atoms with Crippen LogP contribution in [0.2, 0.25) is 0 Å². The van der Waals surface area contributed by atoms with E-state index in [1.165, 1.54) is 11.6 Å². The molecule has 2 nitrogen and oxygen atoms in total. The van der Waals surface area contributed by atoms with E-state index in [1.807, 2.05) is 25.1 Å². The number of anilines is 1. The molecule has 0 saturated carbocycles. The number of para-hydroxylation sites is 1. The van der Waals surface area contributed by atoms with Crippen molar-refractivity contribution in [3.8, 4) is 0 Å². The van der Waals surface area contributed by atoms with Gasteiger partial charge in [0.25, 0.3) is 0 Å². The number of nitrogens with one attached hydrogen (secondary N) is 1. The van der Waals surface area contributed by atoms with Crippen molar-refractivity contribution in [1.82, 2.24) is 5.32 Å². The molecule has 1 N–H and O–H groups in total. The number of halogens is 2. The van der Waals surface area contributed by atoms with Crippen molar-refractivity contribution in [2.24, 2.45) is 0 Å². The molecule has 0 atom stereocenters. The van der Waals surface area contributed by atoms with Gasteiger partial charge in [0.2, 0.25) is 0 Å². The number of rotatable bonds is 5. The Bertz CT molecular complexity index is 586. The monoisotopic (exact) mass is 336 g/mol. The molecule has 20 heavy (non-hydrogen) atoms. The lowest BCUT2D eigenvalue weighted by molar-refractivity contribution is 0.622. The summed E-state index contributed by atoms with van der Waals surface area (Å²) in [4.78, 5) is 1.91. The van der Waals surface area contributed by atoms with Crippen molar-refractivity contribution in [1.29, 1.82) is 0 Å². The van der Waals surface area contributed by atoms with E-state index in [2.05, 4.69) is 39.4 Å². The predicted molar refractivity (Wildman–Crippen MR) is 85.4 cm³/mol. The summed E-state index contributed by atoms with van der Waals surface area (Å²) in [6.45, 7) is 1.49. The minimum atomic E-state index is -0.196. The molecule has 2 rings (SSSR count). The van der Waals surface area contributed by atoms with E-state index in [9.17, 15) is 4.39 Å². The van der Waals surface area contributed by atoms with Crippen LogP contribution in [0, 0.1) is 5.82 Å². The molecule has 2 aromatic rings. The molecule has 0 saturated heterocycles. The van der Waals surface area contributed by atoms with Crippen molar-refractivity contribution in [3.05, 3.63) is 63.9 Å². The van der Waals surface area contributed by atoms with Gasteiger partial charge in [-0.3, -0.25) is 0 Å². The zero-order chi connectivity index (χ0) is 14.5. The van der Waals surface area contributed by atoms with E-state index in [4.69, 9.17) is 0 Å². The molecule has 0 aliphatic rings. The molecule has 0 fully saturated rings. The fraction of sp³-hybridized carbons (Fsp3) is 0.250. The Hall–Kier alpha value is -1.39. The first kappa shape index (κ1) is 15.0. The van der Waals surface area contributed by atoms with Crippen molar-refractivity contribution in [2.45, 2.75) is 13.1 Å². The van der Waals surface area contributed by atoms with Crippen molar-refractivity contribution < 1.29 is 4.39 Å². The van der Waals surface area contributed by atoms with Gasteiger partial charge < -0.3 is 10.2 Å². The van der Waals surface area contributed by atoms with Gasteiger partial charge in [0, 0.05) is 24.6 Å². The topological polar surface area (TPSA) is 15.3 Å². The van der Waals surface area contributed by atoms with Crippen molar-refractivity contribution >= 4 is 21.6 Å². The van der Waals surface area contributed by atoms with Gasteiger partial charge in [0.05, 0.1) is 5.69 Å². The van der Waals surface area contributed by atoms with Gasteiger partial charge in [-0.1, -0.05) is 40.2 Å². The molecule has 0 spiro atoms. The first-order chi connectivity index (χ1) is 9.61. The van der Waals surface area contributed by atoms with Crippen molar-refractivity contribution in [3.63, 3.8) is 0 Å². The Morgan fingerprint density at radius 3 is 2.60 bits per heavy atom. The maximum Gasteiger partial charge on any atom is 0.146 e. The number of hydrogen-bond donors (Lipinski definition) is 1. The van der Waals surface area contributed by atoms with Crippen LogP contribution in [0.5, 0.6) is 0 Å². The van der Waals surface area contributed by atoms with Crippen LogP contribution >= 0.6 is 15.9 Å². The Morgan fingerprint density at radius 2 is 1.95 bits per heavy atom. The van der Waals surface area contributed by atoms with Crippen molar-refractivity contribution in [2.75, 3.05) is 19.0 Å². The number of nitrogens with zero attached hydrogens (tertiary/aromatic N) is 1.